The molecular formula is C17H19N3O5S2. The number of pyridine rings is 1. The summed E-state index contributed by atoms with van der Waals surface area (Å²) in [4.78, 5) is 29.8. The number of morpholine rings is 1. The minimum atomic E-state index is -3.74. The van der Waals surface area contributed by atoms with Crippen molar-refractivity contribution in [3.8, 4) is 0 Å². The van der Waals surface area contributed by atoms with E-state index < -0.39 is 26.9 Å². The number of carbonyl (C=O) groups excluding carboxylic acids is 2. The summed E-state index contributed by atoms with van der Waals surface area (Å²) in [6.45, 7) is 1.21. The number of rotatable bonds is 5. The van der Waals surface area contributed by atoms with Gasteiger partial charge in [-0.05, 0) is 23.1 Å². The van der Waals surface area contributed by atoms with Crippen LogP contribution >= 0.6 is 11.3 Å². The summed E-state index contributed by atoms with van der Waals surface area (Å²) >= 11 is 1.11. The van der Waals surface area contributed by atoms with Gasteiger partial charge >= 0.3 is 11.8 Å². The van der Waals surface area contributed by atoms with Crippen LogP contribution in [0.1, 0.15) is 10.8 Å². The monoisotopic (exact) mass is 409 g/mol. The van der Waals surface area contributed by atoms with Crippen molar-refractivity contribution < 1.29 is 22.7 Å². The predicted molar refractivity (Wildman–Crippen MR) is 98.9 cm³/mol. The zero-order valence-electron chi connectivity index (χ0n) is 14.4. The van der Waals surface area contributed by atoms with E-state index in [0.29, 0.717) is 31.9 Å². The maximum absolute atomic E-state index is 13.0. The topological polar surface area (TPSA) is 106 Å². The van der Waals surface area contributed by atoms with Gasteiger partial charge in [0.1, 0.15) is 9.46 Å². The van der Waals surface area contributed by atoms with Crippen molar-refractivity contribution in [3.05, 3.63) is 47.6 Å². The molecule has 1 aliphatic heterocycles. The zero-order chi connectivity index (χ0) is 19.3. The highest BCUT2D eigenvalue weighted by Crippen LogP contribution is 2.30. The van der Waals surface area contributed by atoms with Crippen LogP contribution in [0.25, 0.3) is 0 Å². The molecule has 1 N–H and O–H groups in total. The van der Waals surface area contributed by atoms with Crippen LogP contribution in [0.5, 0.6) is 0 Å². The van der Waals surface area contributed by atoms with E-state index in [-0.39, 0.29) is 10.8 Å². The number of hydrogen-bond donors (Lipinski definition) is 1. The smallest absolute Gasteiger partial charge is 0.312 e. The van der Waals surface area contributed by atoms with E-state index in [9.17, 15) is 18.0 Å². The third-order valence-corrected chi connectivity index (χ3v) is 7.68. The Morgan fingerprint density at radius 1 is 1.26 bits per heavy atom. The Labute approximate surface area is 161 Å². The van der Waals surface area contributed by atoms with Crippen molar-refractivity contribution in [3.63, 3.8) is 0 Å². The Bertz CT molecular complexity index is 879. The van der Waals surface area contributed by atoms with E-state index in [2.05, 4.69) is 10.3 Å². The van der Waals surface area contributed by atoms with Crippen molar-refractivity contribution in [1.82, 2.24) is 15.2 Å². The van der Waals surface area contributed by atoms with Crippen molar-refractivity contribution in [2.24, 2.45) is 0 Å². The van der Waals surface area contributed by atoms with Crippen LogP contribution in [-0.2, 0) is 24.2 Å². The molecule has 144 valence electrons. The van der Waals surface area contributed by atoms with Gasteiger partial charge < -0.3 is 15.0 Å². The Hall–Kier alpha value is -2.30. The molecule has 1 saturated heterocycles. The molecule has 1 aliphatic rings. The summed E-state index contributed by atoms with van der Waals surface area (Å²) in [6.07, 6.45) is 2.99. The molecule has 10 heteroatoms. The molecule has 0 bridgehead atoms. The highest BCUT2D eigenvalue weighted by molar-refractivity contribution is 7.93. The van der Waals surface area contributed by atoms with E-state index in [1.54, 1.807) is 29.8 Å². The lowest BCUT2D eigenvalue weighted by molar-refractivity contribution is -0.148. The van der Waals surface area contributed by atoms with Gasteiger partial charge in [0.25, 0.3) is 0 Å². The molecule has 2 aromatic heterocycles. The van der Waals surface area contributed by atoms with E-state index in [1.807, 2.05) is 0 Å². The van der Waals surface area contributed by atoms with Gasteiger partial charge in [0.05, 0.1) is 13.2 Å². The molecule has 2 amide bonds. The Morgan fingerprint density at radius 3 is 2.67 bits per heavy atom. The number of thiophene rings is 1. The van der Waals surface area contributed by atoms with Crippen molar-refractivity contribution in [2.75, 3.05) is 32.8 Å². The van der Waals surface area contributed by atoms with Crippen LogP contribution in [0.2, 0.25) is 0 Å². The SMILES string of the molecule is O=C(NC[C@H](c1cccnc1)S(=O)(=O)c1cccs1)C(=O)N1CCOCC1. The highest BCUT2D eigenvalue weighted by Gasteiger charge is 2.32. The molecule has 3 rings (SSSR count). The molecule has 0 saturated carbocycles. The summed E-state index contributed by atoms with van der Waals surface area (Å²) in [5.41, 5.74) is 0.449. The third-order valence-electron chi connectivity index (χ3n) is 4.15. The summed E-state index contributed by atoms with van der Waals surface area (Å²) in [7, 11) is -3.74. The summed E-state index contributed by atoms with van der Waals surface area (Å²) in [5.74, 6) is -1.51. The van der Waals surface area contributed by atoms with Crippen LogP contribution in [0.15, 0.2) is 46.2 Å². The molecule has 0 spiro atoms. The Kier molecular flexibility index (Phi) is 6.19. The number of amides is 2. The minimum absolute atomic E-state index is 0.199. The lowest BCUT2D eigenvalue weighted by Crippen LogP contribution is -2.48. The lowest BCUT2D eigenvalue weighted by atomic mass is 10.2. The molecule has 2 aromatic rings. The minimum Gasteiger partial charge on any atom is -0.378 e. The average molecular weight is 409 g/mol. The van der Waals surface area contributed by atoms with Gasteiger partial charge in [-0.3, -0.25) is 14.6 Å². The number of nitrogens with zero attached hydrogens (tertiary/aromatic N) is 2. The maximum Gasteiger partial charge on any atom is 0.312 e. The first-order valence-corrected chi connectivity index (χ1v) is 10.7. The zero-order valence-corrected chi connectivity index (χ0v) is 16.0. The van der Waals surface area contributed by atoms with Gasteiger partial charge in [-0.25, -0.2) is 8.42 Å². The van der Waals surface area contributed by atoms with Crippen LogP contribution in [0, 0.1) is 0 Å². The first-order chi connectivity index (χ1) is 13.0. The number of sulfone groups is 1. The second-order valence-electron chi connectivity index (χ2n) is 5.87. The van der Waals surface area contributed by atoms with Gasteiger partial charge in [0, 0.05) is 32.0 Å². The number of nitrogens with one attached hydrogen (secondary N) is 1. The third kappa shape index (κ3) is 4.52. The Balaban J connectivity index is 1.76. The maximum atomic E-state index is 13.0. The highest BCUT2D eigenvalue weighted by atomic mass is 32.2. The molecule has 1 fully saturated rings. The number of aromatic nitrogens is 1. The van der Waals surface area contributed by atoms with Gasteiger partial charge in [-0.1, -0.05) is 12.1 Å². The molecule has 0 aliphatic carbocycles. The number of carbonyl (C=O) groups is 2. The van der Waals surface area contributed by atoms with Crippen molar-refractivity contribution >= 4 is 33.0 Å². The van der Waals surface area contributed by atoms with Crippen molar-refractivity contribution in [2.45, 2.75) is 9.46 Å². The summed E-state index contributed by atoms with van der Waals surface area (Å²) in [6, 6.07) is 6.44. The van der Waals surface area contributed by atoms with Gasteiger partial charge in [0.2, 0.25) is 0 Å². The first kappa shape index (κ1) is 19.5. The van der Waals surface area contributed by atoms with Crippen LogP contribution in [0.4, 0.5) is 0 Å². The van der Waals surface area contributed by atoms with E-state index in [1.165, 1.54) is 17.2 Å². The fourth-order valence-corrected chi connectivity index (χ4v) is 5.56. The molecule has 27 heavy (non-hydrogen) atoms. The normalized spacial score (nSPS) is 15.9. The second-order valence-corrected chi connectivity index (χ2v) is 9.17. The van der Waals surface area contributed by atoms with E-state index >= 15 is 0 Å². The van der Waals surface area contributed by atoms with E-state index in [0.717, 1.165) is 11.3 Å². The van der Waals surface area contributed by atoms with E-state index in [4.69, 9.17) is 4.74 Å². The quantitative estimate of drug-likeness (QED) is 0.727. The standard InChI is InChI=1S/C17H19N3O5S2/c21-16(17(22)20-6-8-25-9-7-20)19-12-14(13-3-1-5-18-11-13)27(23,24)15-4-2-10-26-15/h1-5,10-11,14H,6-9,12H2,(H,19,21)/t14-/m1/s1. The molecule has 8 nitrogen and oxygen atoms in total. The van der Waals surface area contributed by atoms with Crippen LogP contribution in [0.3, 0.4) is 0 Å². The average Bonchev–Trinajstić information content (AvgIpc) is 3.24. The predicted octanol–water partition coefficient (Wildman–Crippen LogP) is 0.633. The van der Waals surface area contributed by atoms with Gasteiger partial charge in [-0.2, -0.15) is 0 Å². The van der Waals surface area contributed by atoms with Gasteiger partial charge in [-0.15, -0.1) is 11.3 Å². The number of hydrogen-bond acceptors (Lipinski definition) is 7. The molecule has 3 heterocycles. The molecule has 0 unspecified atom stereocenters. The molecule has 0 radical (unpaired) electrons. The number of ether oxygens (including phenoxy) is 1. The lowest BCUT2D eigenvalue weighted by Gasteiger charge is -2.26. The Morgan fingerprint density at radius 2 is 2.04 bits per heavy atom. The fourth-order valence-electron chi connectivity index (χ4n) is 2.71. The largest absolute Gasteiger partial charge is 0.378 e. The fraction of sp³-hybridized carbons (Fsp3) is 0.353. The summed E-state index contributed by atoms with van der Waals surface area (Å²) in [5, 5.41) is 3.11. The van der Waals surface area contributed by atoms with Gasteiger partial charge in [0.15, 0.2) is 9.84 Å². The summed E-state index contributed by atoms with van der Waals surface area (Å²) < 4.78 is 31.4. The van der Waals surface area contributed by atoms with Crippen LogP contribution in [-0.4, -0.2) is 63.0 Å². The second kappa shape index (κ2) is 8.59. The molecule has 1 atom stereocenters. The van der Waals surface area contributed by atoms with Crippen LogP contribution < -0.4 is 5.32 Å². The molecular weight excluding hydrogens is 390 g/mol. The molecule has 0 aromatic carbocycles. The van der Waals surface area contributed by atoms with Crippen molar-refractivity contribution in [1.29, 1.82) is 0 Å². The first-order valence-electron chi connectivity index (χ1n) is 8.32.